The lowest BCUT2D eigenvalue weighted by Gasteiger charge is -1.94. The standard InChI is InChI=1S/C8H9NO/c1-2-7-10-8-5-3-4-6-9-8/h2-7H,1H3/b7-2-. The molecule has 0 N–H and O–H groups in total. The average Bonchev–Trinajstić information content (AvgIpc) is 2.03. The van der Waals surface area contributed by atoms with E-state index in [9.17, 15) is 0 Å². The van der Waals surface area contributed by atoms with Gasteiger partial charge in [0.2, 0.25) is 5.88 Å². The van der Waals surface area contributed by atoms with Crippen LogP contribution < -0.4 is 4.74 Å². The van der Waals surface area contributed by atoms with Gasteiger partial charge in [-0.25, -0.2) is 4.98 Å². The van der Waals surface area contributed by atoms with Gasteiger partial charge < -0.3 is 4.74 Å². The monoisotopic (exact) mass is 135 g/mol. The van der Waals surface area contributed by atoms with Gasteiger partial charge in [-0.1, -0.05) is 12.1 Å². The highest BCUT2D eigenvalue weighted by Crippen LogP contribution is 2.02. The molecular weight excluding hydrogens is 126 g/mol. The molecule has 0 aliphatic rings. The van der Waals surface area contributed by atoms with Gasteiger partial charge in [0, 0.05) is 12.3 Å². The summed E-state index contributed by atoms with van der Waals surface area (Å²) in [5.74, 6) is 0.626. The Morgan fingerprint density at radius 1 is 1.50 bits per heavy atom. The topological polar surface area (TPSA) is 22.1 Å². The Bertz CT molecular complexity index is 206. The van der Waals surface area contributed by atoms with Crippen LogP contribution in [0.25, 0.3) is 0 Å². The average molecular weight is 135 g/mol. The smallest absolute Gasteiger partial charge is 0.218 e. The highest BCUT2D eigenvalue weighted by molar-refractivity contribution is 5.10. The Morgan fingerprint density at radius 2 is 2.40 bits per heavy atom. The first-order valence-corrected chi connectivity index (χ1v) is 3.12. The zero-order chi connectivity index (χ0) is 7.23. The van der Waals surface area contributed by atoms with Crippen LogP contribution in [0.15, 0.2) is 36.7 Å². The van der Waals surface area contributed by atoms with Crippen molar-refractivity contribution in [2.24, 2.45) is 0 Å². The summed E-state index contributed by atoms with van der Waals surface area (Å²) >= 11 is 0. The van der Waals surface area contributed by atoms with Gasteiger partial charge in [-0.05, 0) is 13.0 Å². The number of allylic oxidation sites excluding steroid dienone is 1. The minimum absolute atomic E-state index is 0.626. The minimum atomic E-state index is 0.626. The Balaban J connectivity index is 2.59. The molecule has 0 saturated carbocycles. The maximum absolute atomic E-state index is 5.06. The van der Waals surface area contributed by atoms with Crippen LogP contribution in [0, 0.1) is 0 Å². The second-order valence-corrected chi connectivity index (χ2v) is 1.76. The summed E-state index contributed by atoms with van der Waals surface area (Å²) in [6.45, 7) is 1.89. The normalized spacial score (nSPS) is 10.1. The van der Waals surface area contributed by atoms with Crippen LogP contribution in [0.4, 0.5) is 0 Å². The van der Waals surface area contributed by atoms with Crippen molar-refractivity contribution < 1.29 is 4.74 Å². The lowest BCUT2D eigenvalue weighted by molar-refractivity contribution is 0.460. The van der Waals surface area contributed by atoms with Gasteiger partial charge in [0.1, 0.15) is 0 Å². The van der Waals surface area contributed by atoms with E-state index in [2.05, 4.69) is 4.98 Å². The zero-order valence-electron chi connectivity index (χ0n) is 5.82. The van der Waals surface area contributed by atoms with Gasteiger partial charge >= 0.3 is 0 Å². The summed E-state index contributed by atoms with van der Waals surface area (Å²) in [5.41, 5.74) is 0. The van der Waals surface area contributed by atoms with E-state index in [4.69, 9.17) is 4.74 Å². The number of hydrogen-bond acceptors (Lipinski definition) is 2. The van der Waals surface area contributed by atoms with Crippen molar-refractivity contribution in [2.75, 3.05) is 0 Å². The van der Waals surface area contributed by atoms with E-state index < -0.39 is 0 Å². The van der Waals surface area contributed by atoms with Gasteiger partial charge in [-0.15, -0.1) is 0 Å². The first kappa shape index (κ1) is 6.81. The number of aromatic nitrogens is 1. The first-order chi connectivity index (χ1) is 4.93. The molecular formula is C8H9NO. The molecule has 0 radical (unpaired) electrons. The highest BCUT2D eigenvalue weighted by Gasteiger charge is 1.84. The number of ether oxygens (including phenoxy) is 1. The molecule has 52 valence electrons. The predicted octanol–water partition coefficient (Wildman–Crippen LogP) is 1.99. The molecule has 2 nitrogen and oxygen atoms in total. The zero-order valence-corrected chi connectivity index (χ0v) is 5.82. The van der Waals surface area contributed by atoms with Crippen molar-refractivity contribution in [3.8, 4) is 5.88 Å². The fraction of sp³-hybridized carbons (Fsp3) is 0.125. The van der Waals surface area contributed by atoms with Crippen molar-refractivity contribution in [3.63, 3.8) is 0 Å². The summed E-state index contributed by atoms with van der Waals surface area (Å²) in [6, 6.07) is 5.54. The van der Waals surface area contributed by atoms with Gasteiger partial charge in [-0.2, -0.15) is 0 Å². The van der Waals surface area contributed by atoms with Gasteiger partial charge in [0.15, 0.2) is 0 Å². The van der Waals surface area contributed by atoms with E-state index in [0.717, 1.165) is 0 Å². The summed E-state index contributed by atoms with van der Waals surface area (Å²) in [5, 5.41) is 0. The minimum Gasteiger partial charge on any atom is -0.447 e. The van der Waals surface area contributed by atoms with Crippen molar-refractivity contribution in [2.45, 2.75) is 6.92 Å². The van der Waals surface area contributed by atoms with E-state index in [-0.39, 0.29) is 0 Å². The third-order valence-electron chi connectivity index (χ3n) is 0.963. The highest BCUT2D eigenvalue weighted by atomic mass is 16.5. The van der Waals surface area contributed by atoms with E-state index >= 15 is 0 Å². The molecule has 0 aromatic carbocycles. The molecule has 0 spiro atoms. The summed E-state index contributed by atoms with van der Waals surface area (Å²) in [4.78, 5) is 3.94. The molecule has 0 aliphatic heterocycles. The van der Waals surface area contributed by atoms with Crippen molar-refractivity contribution >= 4 is 0 Å². The summed E-state index contributed by atoms with van der Waals surface area (Å²) < 4.78 is 5.06. The molecule has 0 atom stereocenters. The number of rotatable bonds is 2. The molecule has 0 bridgehead atoms. The number of pyridine rings is 1. The molecule has 2 heteroatoms. The van der Waals surface area contributed by atoms with Crippen LogP contribution in [0.5, 0.6) is 5.88 Å². The van der Waals surface area contributed by atoms with Crippen LogP contribution in [0.1, 0.15) is 6.92 Å². The second kappa shape index (κ2) is 3.67. The lowest BCUT2D eigenvalue weighted by atomic mass is 10.5. The Morgan fingerprint density at radius 3 is 3.00 bits per heavy atom. The maximum atomic E-state index is 5.06. The third-order valence-corrected chi connectivity index (χ3v) is 0.963. The van der Waals surface area contributed by atoms with Gasteiger partial charge in [0.25, 0.3) is 0 Å². The van der Waals surface area contributed by atoms with Crippen LogP contribution in [-0.2, 0) is 0 Å². The molecule has 10 heavy (non-hydrogen) atoms. The van der Waals surface area contributed by atoms with Crippen LogP contribution >= 0.6 is 0 Å². The van der Waals surface area contributed by atoms with Crippen molar-refractivity contribution in [1.29, 1.82) is 0 Å². The van der Waals surface area contributed by atoms with Crippen LogP contribution in [0.2, 0.25) is 0 Å². The van der Waals surface area contributed by atoms with E-state index in [1.165, 1.54) is 0 Å². The van der Waals surface area contributed by atoms with E-state index in [0.29, 0.717) is 5.88 Å². The SMILES string of the molecule is C/C=C\Oc1ccccn1. The molecule has 1 heterocycles. The Kier molecular flexibility index (Phi) is 2.49. The molecule has 0 aliphatic carbocycles. The quantitative estimate of drug-likeness (QED) is 0.578. The predicted molar refractivity (Wildman–Crippen MR) is 39.7 cm³/mol. The maximum Gasteiger partial charge on any atom is 0.218 e. The third kappa shape index (κ3) is 1.90. The summed E-state index contributed by atoms with van der Waals surface area (Å²) in [7, 11) is 0. The molecule has 0 saturated heterocycles. The first-order valence-electron chi connectivity index (χ1n) is 3.12. The lowest BCUT2D eigenvalue weighted by Crippen LogP contribution is -1.83. The molecule has 0 unspecified atom stereocenters. The number of nitrogens with zero attached hydrogens (tertiary/aromatic N) is 1. The molecule has 1 aromatic rings. The molecule has 1 aromatic heterocycles. The molecule has 0 fully saturated rings. The van der Waals surface area contributed by atoms with E-state index in [1.54, 1.807) is 18.5 Å². The fourth-order valence-corrected chi connectivity index (χ4v) is 0.555. The Labute approximate surface area is 60.2 Å². The van der Waals surface area contributed by atoms with E-state index in [1.807, 2.05) is 25.1 Å². The molecule has 0 amide bonds. The van der Waals surface area contributed by atoms with Crippen LogP contribution in [0.3, 0.4) is 0 Å². The molecule has 1 rings (SSSR count). The fourth-order valence-electron chi connectivity index (χ4n) is 0.555. The number of hydrogen-bond donors (Lipinski definition) is 0. The van der Waals surface area contributed by atoms with Crippen LogP contribution in [-0.4, -0.2) is 4.98 Å². The van der Waals surface area contributed by atoms with Crippen molar-refractivity contribution in [3.05, 3.63) is 36.7 Å². The van der Waals surface area contributed by atoms with Gasteiger partial charge in [-0.3, -0.25) is 0 Å². The van der Waals surface area contributed by atoms with Gasteiger partial charge in [0.05, 0.1) is 6.26 Å². The van der Waals surface area contributed by atoms with Crippen molar-refractivity contribution in [1.82, 2.24) is 4.98 Å². The second-order valence-electron chi connectivity index (χ2n) is 1.76. The Hall–Kier alpha value is -1.31. The largest absolute Gasteiger partial charge is 0.447 e. The summed E-state index contributed by atoms with van der Waals surface area (Å²) in [6.07, 6.45) is 5.11.